The second-order valence-electron chi connectivity index (χ2n) is 6.75. The topological polar surface area (TPSA) is 50.4 Å². The Hall–Kier alpha value is -0.780. The van der Waals surface area contributed by atoms with E-state index in [-0.39, 0.29) is 18.2 Å². The summed E-state index contributed by atoms with van der Waals surface area (Å²) in [5, 5.41) is 6.45. The molecule has 4 nitrogen and oxygen atoms in total. The van der Waals surface area contributed by atoms with Crippen LogP contribution in [-0.2, 0) is 4.74 Å². The predicted octanol–water partition coefficient (Wildman–Crippen LogP) is 5.14. The molecule has 0 fully saturated rings. The number of carbonyl (C=O) groups excluding carboxylic acids is 1. The first-order valence-electron chi connectivity index (χ1n) is 8.19. The molecule has 2 unspecified atom stereocenters. The maximum atomic E-state index is 11.8. The molecule has 1 aromatic rings. The van der Waals surface area contributed by atoms with Crippen LogP contribution >= 0.6 is 22.9 Å². The van der Waals surface area contributed by atoms with E-state index in [1.54, 1.807) is 11.3 Å². The van der Waals surface area contributed by atoms with Crippen LogP contribution in [0.5, 0.6) is 0 Å². The number of nitrogens with one attached hydrogen (secondary N) is 2. The van der Waals surface area contributed by atoms with Crippen molar-refractivity contribution < 1.29 is 9.53 Å². The standard InChI is InChI=1S/C17H29ClN2O2S/c1-6-7-8-13(11-19-16(21)22-17(3,4)5)20-12(2)14-9-10-15(18)23-14/h9-10,12-13,20H,6-8,11H2,1-5H3,(H,19,21). The summed E-state index contributed by atoms with van der Waals surface area (Å²) >= 11 is 7.59. The van der Waals surface area contributed by atoms with Crippen LogP contribution in [0.15, 0.2) is 12.1 Å². The van der Waals surface area contributed by atoms with Crippen molar-refractivity contribution in [3.63, 3.8) is 0 Å². The second-order valence-corrected chi connectivity index (χ2v) is 8.50. The van der Waals surface area contributed by atoms with Gasteiger partial charge in [0.2, 0.25) is 0 Å². The number of hydrogen-bond donors (Lipinski definition) is 2. The van der Waals surface area contributed by atoms with Crippen LogP contribution in [0.4, 0.5) is 4.79 Å². The van der Waals surface area contributed by atoms with Gasteiger partial charge in [-0.25, -0.2) is 4.79 Å². The van der Waals surface area contributed by atoms with Crippen LogP contribution in [0.1, 0.15) is 64.8 Å². The minimum atomic E-state index is -0.475. The molecular formula is C17H29ClN2O2S. The highest BCUT2D eigenvalue weighted by molar-refractivity contribution is 7.16. The van der Waals surface area contributed by atoms with Crippen molar-refractivity contribution in [3.05, 3.63) is 21.3 Å². The van der Waals surface area contributed by atoms with Crippen molar-refractivity contribution >= 4 is 29.0 Å². The molecule has 6 heteroatoms. The molecule has 132 valence electrons. The molecule has 1 rings (SSSR count). The third-order valence-corrected chi connectivity index (χ3v) is 4.72. The monoisotopic (exact) mass is 360 g/mol. The summed E-state index contributed by atoms with van der Waals surface area (Å²) in [6.07, 6.45) is 2.89. The highest BCUT2D eigenvalue weighted by Crippen LogP contribution is 2.27. The van der Waals surface area contributed by atoms with E-state index in [2.05, 4.69) is 24.5 Å². The van der Waals surface area contributed by atoms with Crippen LogP contribution in [0.25, 0.3) is 0 Å². The molecule has 0 spiro atoms. The normalized spacial score (nSPS) is 14.3. The average Bonchev–Trinajstić information content (AvgIpc) is 2.86. The van der Waals surface area contributed by atoms with E-state index < -0.39 is 5.60 Å². The summed E-state index contributed by atoms with van der Waals surface area (Å²) in [4.78, 5) is 13.0. The van der Waals surface area contributed by atoms with Crippen LogP contribution in [0.2, 0.25) is 4.34 Å². The summed E-state index contributed by atoms with van der Waals surface area (Å²) in [5.74, 6) is 0. The number of rotatable bonds is 8. The molecule has 1 amide bonds. The lowest BCUT2D eigenvalue weighted by molar-refractivity contribution is 0.0521. The maximum Gasteiger partial charge on any atom is 0.407 e. The van der Waals surface area contributed by atoms with E-state index in [0.717, 1.165) is 23.6 Å². The molecule has 0 aliphatic rings. The van der Waals surface area contributed by atoms with Gasteiger partial charge in [-0.15, -0.1) is 11.3 Å². The highest BCUT2D eigenvalue weighted by atomic mass is 35.5. The quantitative estimate of drug-likeness (QED) is 0.675. The number of hydrogen-bond acceptors (Lipinski definition) is 4. The zero-order chi connectivity index (χ0) is 17.5. The number of alkyl carbamates (subject to hydrolysis) is 1. The van der Waals surface area contributed by atoms with Crippen LogP contribution in [0, 0.1) is 0 Å². The highest BCUT2D eigenvalue weighted by Gasteiger charge is 2.19. The number of amides is 1. The van der Waals surface area contributed by atoms with E-state index in [1.165, 1.54) is 4.88 Å². The summed E-state index contributed by atoms with van der Waals surface area (Å²) < 4.78 is 6.09. The molecule has 0 saturated carbocycles. The molecule has 0 aromatic carbocycles. The first-order chi connectivity index (χ1) is 10.7. The molecule has 2 N–H and O–H groups in total. The lowest BCUT2D eigenvalue weighted by Gasteiger charge is -2.25. The second kappa shape index (κ2) is 9.50. The van der Waals surface area contributed by atoms with Crippen LogP contribution < -0.4 is 10.6 Å². The van der Waals surface area contributed by atoms with Gasteiger partial charge >= 0.3 is 6.09 Å². The summed E-state index contributed by atoms with van der Waals surface area (Å²) in [7, 11) is 0. The summed E-state index contributed by atoms with van der Waals surface area (Å²) in [5.41, 5.74) is -0.475. The van der Waals surface area contributed by atoms with Crippen molar-refractivity contribution in [2.45, 2.75) is 71.6 Å². The van der Waals surface area contributed by atoms with Gasteiger partial charge in [0.15, 0.2) is 0 Å². The Labute approximate surface area is 148 Å². The van der Waals surface area contributed by atoms with Crippen molar-refractivity contribution in [1.29, 1.82) is 0 Å². The molecule has 1 heterocycles. The van der Waals surface area contributed by atoms with Crippen molar-refractivity contribution in [3.8, 4) is 0 Å². The average molecular weight is 361 g/mol. The molecule has 23 heavy (non-hydrogen) atoms. The van der Waals surface area contributed by atoms with Gasteiger partial charge in [-0.2, -0.15) is 0 Å². The Kier molecular flexibility index (Phi) is 8.37. The van der Waals surface area contributed by atoms with Gasteiger partial charge in [0, 0.05) is 23.5 Å². The number of unbranched alkanes of at least 4 members (excludes halogenated alkanes) is 1. The SMILES string of the molecule is CCCCC(CNC(=O)OC(C)(C)C)NC(C)c1ccc(Cl)s1. The number of carbonyl (C=O) groups is 1. The summed E-state index contributed by atoms with van der Waals surface area (Å²) in [6.45, 7) is 10.4. The molecular weight excluding hydrogens is 332 g/mol. The number of thiophene rings is 1. The third kappa shape index (κ3) is 8.58. The molecule has 0 aliphatic heterocycles. The predicted molar refractivity (Wildman–Crippen MR) is 98.4 cm³/mol. The van der Waals surface area contributed by atoms with Crippen molar-refractivity contribution in [2.24, 2.45) is 0 Å². The van der Waals surface area contributed by atoms with E-state index in [1.807, 2.05) is 32.9 Å². The number of halogens is 1. The minimum absolute atomic E-state index is 0.204. The third-order valence-electron chi connectivity index (χ3n) is 3.30. The molecule has 1 aromatic heterocycles. The fourth-order valence-electron chi connectivity index (χ4n) is 2.21. The zero-order valence-corrected chi connectivity index (χ0v) is 16.3. The first-order valence-corrected chi connectivity index (χ1v) is 9.39. The van der Waals surface area contributed by atoms with Gasteiger partial charge < -0.3 is 15.4 Å². The molecule has 2 atom stereocenters. The van der Waals surface area contributed by atoms with Gasteiger partial charge in [-0.05, 0) is 46.2 Å². The van der Waals surface area contributed by atoms with Gasteiger partial charge in [0.1, 0.15) is 5.60 Å². The molecule has 0 bridgehead atoms. The summed E-state index contributed by atoms with van der Waals surface area (Å²) in [6, 6.07) is 4.37. The molecule has 0 saturated heterocycles. The van der Waals surface area contributed by atoms with Gasteiger partial charge in [-0.1, -0.05) is 31.4 Å². The molecule has 0 radical (unpaired) electrons. The smallest absolute Gasteiger partial charge is 0.407 e. The van der Waals surface area contributed by atoms with E-state index >= 15 is 0 Å². The Balaban J connectivity index is 2.53. The van der Waals surface area contributed by atoms with Gasteiger partial charge in [0.05, 0.1) is 4.34 Å². The minimum Gasteiger partial charge on any atom is -0.444 e. The van der Waals surface area contributed by atoms with Crippen molar-refractivity contribution in [2.75, 3.05) is 6.54 Å². The Morgan fingerprint density at radius 2 is 2.09 bits per heavy atom. The van der Waals surface area contributed by atoms with E-state index in [0.29, 0.717) is 6.54 Å². The number of ether oxygens (including phenoxy) is 1. The van der Waals surface area contributed by atoms with Crippen LogP contribution in [-0.4, -0.2) is 24.3 Å². The maximum absolute atomic E-state index is 11.8. The Bertz CT molecular complexity index is 485. The zero-order valence-electron chi connectivity index (χ0n) is 14.7. The Morgan fingerprint density at radius 3 is 2.61 bits per heavy atom. The fraction of sp³-hybridized carbons (Fsp3) is 0.706. The molecule has 0 aliphatic carbocycles. The largest absolute Gasteiger partial charge is 0.444 e. The lowest BCUT2D eigenvalue weighted by atomic mass is 10.1. The van der Waals surface area contributed by atoms with Gasteiger partial charge in [0.25, 0.3) is 0 Å². The Morgan fingerprint density at radius 1 is 1.39 bits per heavy atom. The van der Waals surface area contributed by atoms with Gasteiger partial charge in [-0.3, -0.25) is 0 Å². The van der Waals surface area contributed by atoms with E-state index in [4.69, 9.17) is 16.3 Å². The lowest BCUT2D eigenvalue weighted by Crippen LogP contribution is -2.43. The fourth-order valence-corrected chi connectivity index (χ4v) is 3.28. The van der Waals surface area contributed by atoms with Crippen LogP contribution in [0.3, 0.4) is 0 Å². The van der Waals surface area contributed by atoms with E-state index in [9.17, 15) is 4.79 Å². The van der Waals surface area contributed by atoms with Crippen molar-refractivity contribution in [1.82, 2.24) is 10.6 Å². The first kappa shape index (κ1) is 20.3.